The Hall–Kier alpha value is -3.25. The summed E-state index contributed by atoms with van der Waals surface area (Å²) in [6.45, 7) is 13.1. The summed E-state index contributed by atoms with van der Waals surface area (Å²) >= 11 is 0. The number of nitrogens with zero attached hydrogens (tertiary/aromatic N) is 2. The molecule has 1 fully saturated rings. The molecular weight excluding hydrogens is 426 g/mol. The molecule has 1 aliphatic rings. The molecule has 1 amide bonds. The second-order valence-corrected chi connectivity index (χ2v) is 8.79. The fourth-order valence-corrected chi connectivity index (χ4v) is 4.70. The Balaban J connectivity index is 0.00000158. The number of amides is 1. The minimum Gasteiger partial charge on any atom is -0.360 e. The lowest BCUT2D eigenvalue weighted by Crippen LogP contribution is -2.58. The quantitative estimate of drug-likeness (QED) is 0.415. The summed E-state index contributed by atoms with van der Waals surface area (Å²) < 4.78 is 0. The Morgan fingerprint density at radius 3 is 2.29 bits per heavy atom. The first-order chi connectivity index (χ1) is 16.3. The second-order valence-electron chi connectivity index (χ2n) is 8.79. The number of aromatic amines is 1. The number of carbonyl (C=O) groups excluding carboxylic acids is 3. The SMILES string of the molecule is CC.CC(=O)C(=O)c1c[nH]c2ccc(C(=O)N3CC(C)N(C(C)c4ccccc4)CC3C)cc12. The Morgan fingerprint density at radius 2 is 1.65 bits per heavy atom. The van der Waals surface area contributed by atoms with E-state index in [-0.39, 0.29) is 24.0 Å². The standard InChI is InChI=1S/C26H29N3O3.C2H6/c1-16-15-29(17(2)14-28(16)18(3)20-8-6-5-7-9-20)26(32)21-10-11-24-22(12-21)23(13-27-24)25(31)19(4)30;1-2/h5-13,16-18,27H,14-15H2,1-4H3;1-2H3. The number of H-pyrrole nitrogens is 1. The average Bonchev–Trinajstić information content (AvgIpc) is 3.28. The van der Waals surface area contributed by atoms with Crippen LogP contribution >= 0.6 is 0 Å². The normalized spacial score (nSPS) is 19.3. The molecular formula is C28H35N3O3. The number of ketones is 2. The smallest absolute Gasteiger partial charge is 0.254 e. The molecule has 0 bridgehead atoms. The molecule has 1 aliphatic heterocycles. The van der Waals surface area contributed by atoms with Gasteiger partial charge < -0.3 is 9.88 Å². The molecule has 4 rings (SSSR count). The summed E-state index contributed by atoms with van der Waals surface area (Å²) in [6, 6.07) is 16.2. The van der Waals surface area contributed by atoms with E-state index in [0.717, 1.165) is 12.1 Å². The summed E-state index contributed by atoms with van der Waals surface area (Å²) in [5, 5.41) is 0.605. The molecule has 2 aromatic carbocycles. The van der Waals surface area contributed by atoms with Gasteiger partial charge in [-0.15, -0.1) is 0 Å². The first-order valence-corrected chi connectivity index (χ1v) is 12.1. The van der Waals surface area contributed by atoms with E-state index in [4.69, 9.17) is 0 Å². The maximum atomic E-state index is 13.4. The molecule has 6 heteroatoms. The Morgan fingerprint density at radius 1 is 0.971 bits per heavy atom. The molecule has 0 radical (unpaired) electrons. The van der Waals surface area contributed by atoms with Crippen LogP contribution in [-0.4, -0.2) is 57.4 Å². The highest BCUT2D eigenvalue weighted by Gasteiger charge is 2.35. The monoisotopic (exact) mass is 461 g/mol. The molecule has 3 aromatic rings. The van der Waals surface area contributed by atoms with Crippen LogP contribution in [0.15, 0.2) is 54.7 Å². The van der Waals surface area contributed by atoms with Gasteiger partial charge in [0.05, 0.1) is 5.56 Å². The zero-order chi connectivity index (χ0) is 25.0. The second kappa shape index (κ2) is 10.8. The summed E-state index contributed by atoms with van der Waals surface area (Å²) in [5.41, 5.74) is 2.84. The van der Waals surface area contributed by atoms with Crippen molar-refractivity contribution >= 4 is 28.4 Å². The van der Waals surface area contributed by atoms with Crippen molar-refractivity contribution in [3.8, 4) is 0 Å². The van der Waals surface area contributed by atoms with Crippen molar-refractivity contribution in [2.24, 2.45) is 0 Å². The van der Waals surface area contributed by atoms with Crippen LogP contribution in [0.4, 0.5) is 0 Å². The maximum absolute atomic E-state index is 13.4. The van der Waals surface area contributed by atoms with Crippen LogP contribution in [0.1, 0.15) is 73.9 Å². The van der Waals surface area contributed by atoms with Gasteiger partial charge in [0.25, 0.3) is 5.91 Å². The van der Waals surface area contributed by atoms with Gasteiger partial charge in [0, 0.05) is 60.8 Å². The molecule has 3 unspecified atom stereocenters. The third-order valence-corrected chi connectivity index (χ3v) is 6.57. The van der Waals surface area contributed by atoms with Gasteiger partial charge in [-0.2, -0.15) is 0 Å². The highest BCUT2D eigenvalue weighted by Crippen LogP contribution is 2.28. The van der Waals surface area contributed by atoms with E-state index >= 15 is 0 Å². The van der Waals surface area contributed by atoms with Crippen molar-refractivity contribution < 1.29 is 14.4 Å². The van der Waals surface area contributed by atoms with Gasteiger partial charge in [0.15, 0.2) is 5.78 Å². The van der Waals surface area contributed by atoms with Gasteiger partial charge in [-0.25, -0.2) is 0 Å². The Labute approximate surface area is 201 Å². The summed E-state index contributed by atoms with van der Waals surface area (Å²) in [4.78, 5) is 44.6. The Kier molecular flexibility index (Phi) is 8.05. The fourth-order valence-electron chi connectivity index (χ4n) is 4.70. The third-order valence-electron chi connectivity index (χ3n) is 6.57. The highest BCUT2D eigenvalue weighted by molar-refractivity contribution is 6.45. The summed E-state index contributed by atoms with van der Waals surface area (Å²) in [5.74, 6) is -1.12. The zero-order valence-corrected chi connectivity index (χ0v) is 21.0. The predicted molar refractivity (Wildman–Crippen MR) is 136 cm³/mol. The molecule has 2 heterocycles. The molecule has 0 saturated carbocycles. The van der Waals surface area contributed by atoms with Crippen LogP contribution in [-0.2, 0) is 4.79 Å². The summed E-state index contributed by atoms with van der Waals surface area (Å²) in [7, 11) is 0. The van der Waals surface area contributed by atoms with E-state index in [1.54, 1.807) is 18.2 Å². The number of rotatable bonds is 5. The largest absolute Gasteiger partial charge is 0.360 e. The van der Waals surface area contributed by atoms with E-state index in [9.17, 15) is 14.4 Å². The van der Waals surface area contributed by atoms with E-state index in [0.29, 0.717) is 23.1 Å². The van der Waals surface area contributed by atoms with Crippen LogP contribution in [0.3, 0.4) is 0 Å². The number of aromatic nitrogens is 1. The molecule has 0 aliphatic carbocycles. The van der Waals surface area contributed by atoms with Crippen LogP contribution in [0.5, 0.6) is 0 Å². The number of benzene rings is 2. The van der Waals surface area contributed by atoms with Gasteiger partial charge in [0.1, 0.15) is 0 Å². The number of hydrogen-bond acceptors (Lipinski definition) is 4. The van der Waals surface area contributed by atoms with Gasteiger partial charge in [-0.05, 0) is 44.5 Å². The van der Waals surface area contributed by atoms with Crippen molar-refractivity contribution in [1.82, 2.24) is 14.8 Å². The number of carbonyl (C=O) groups is 3. The van der Waals surface area contributed by atoms with Crippen molar-refractivity contribution in [2.75, 3.05) is 13.1 Å². The van der Waals surface area contributed by atoms with Crippen molar-refractivity contribution in [2.45, 2.75) is 59.7 Å². The van der Waals surface area contributed by atoms with Gasteiger partial charge in [-0.1, -0.05) is 44.2 Å². The minimum atomic E-state index is -0.550. The number of Topliss-reactive ketones (excluding diaryl/α,β-unsaturated/α-hetero) is 2. The maximum Gasteiger partial charge on any atom is 0.254 e. The highest BCUT2D eigenvalue weighted by atomic mass is 16.2. The van der Waals surface area contributed by atoms with Crippen molar-refractivity contribution in [3.63, 3.8) is 0 Å². The van der Waals surface area contributed by atoms with Crippen LogP contribution in [0.25, 0.3) is 10.9 Å². The van der Waals surface area contributed by atoms with Gasteiger partial charge in [-0.3, -0.25) is 19.3 Å². The molecule has 180 valence electrons. The molecule has 1 saturated heterocycles. The topological polar surface area (TPSA) is 73.5 Å². The molecule has 0 spiro atoms. The lowest BCUT2D eigenvalue weighted by molar-refractivity contribution is -0.113. The fraction of sp³-hybridized carbons (Fsp3) is 0.393. The van der Waals surface area contributed by atoms with Crippen LogP contribution in [0, 0.1) is 0 Å². The molecule has 3 atom stereocenters. The Bertz CT molecular complexity index is 1170. The van der Waals surface area contributed by atoms with Crippen LogP contribution in [0.2, 0.25) is 0 Å². The summed E-state index contributed by atoms with van der Waals surface area (Å²) in [6.07, 6.45) is 1.54. The lowest BCUT2D eigenvalue weighted by atomic mass is 9.99. The number of fused-ring (bicyclic) bond motifs is 1. The third kappa shape index (κ3) is 4.97. The molecule has 1 aromatic heterocycles. The van der Waals surface area contributed by atoms with Crippen LogP contribution < -0.4 is 0 Å². The van der Waals surface area contributed by atoms with Gasteiger partial charge >= 0.3 is 0 Å². The average molecular weight is 462 g/mol. The molecule has 6 nitrogen and oxygen atoms in total. The number of hydrogen-bond donors (Lipinski definition) is 1. The first-order valence-electron chi connectivity index (χ1n) is 12.1. The number of piperazine rings is 1. The molecule has 1 N–H and O–H groups in total. The van der Waals surface area contributed by atoms with Crippen molar-refractivity contribution in [3.05, 3.63) is 71.4 Å². The van der Waals surface area contributed by atoms with Crippen molar-refractivity contribution in [1.29, 1.82) is 0 Å². The van der Waals surface area contributed by atoms with E-state index in [1.165, 1.54) is 18.7 Å². The first kappa shape index (κ1) is 25.4. The minimum absolute atomic E-state index is 0.0464. The lowest BCUT2D eigenvalue weighted by Gasteiger charge is -2.46. The zero-order valence-electron chi connectivity index (χ0n) is 21.0. The molecule has 34 heavy (non-hydrogen) atoms. The van der Waals surface area contributed by atoms with E-state index in [1.807, 2.05) is 24.8 Å². The van der Waals surface area contributed by atoms with Gasteiger partial charge in [0.2, 0.25) is 5.78 Å². The van der Waals surface area contributed by atoms with E-state index < -0.39 is 11.6 Å². The van der Waals surface area contributed by atoms with E-state index in [2.05, 4.69) is 54.9 Å². The predicted octanol–water partition coefficient (Wildman–Crippen LogP) is 5.26. The number of nitrogens with one attached hydrogen (secondary N) is 1.